The smallest absolute Gasteiger partial charge is 0.308 e. The van der Waals surface area contributed by atoms with E-state index in [1.807, 2.05) is 44.2 Å². The minimum absolute atomic E-state index is 0.0514. The maximum atomic E-state index is 11.5. The molecule has 1 atom stereocenters. The molecule has 4 nitrogen and oxygen atoms in total. The van der Waals surface area contributed by atoms with Gasteiger partial charge >= 0.3 is 5.97 Å². The summed E-state index contributed by atoms with van der Waals surface area (Å²) in [6, 6.07) is 5.61. The van der Waals surface area contributed by atoms with Gasteiger partial charge in [0.05, 0.1) is 20.1 Å². The summed E-state index contributed by atoms with van der Waals surface area (Å²) in [7, 11) is 3.20. The van der Waals surface area contributed by atoms with Crippen LogP contribution in [-0.4, -0.2) is 26.8 Å². The van der Waals surface area contributed by atoms with E-state index >= 15 is 0 Å². The standard InChI is InChI=1S/C16H22O4/c1-5-12(2)16(17)20-10-6-7-13-8-9-14(18-3)15(11-13)19-4/h6-9,11-12H,5,10H2,1-4H3/b7-6+. The van der Waals surface area contributed by atoms with Crippen molar-refractivity contribution < 1.29 is 19.0 Å². The van der Waals surface area contributed by atoms with Gasteiger partial charge in [-0.2, -0.15) is 0 Å². The SMILES string of the molecule is CCC(C)C(=O)OC/C=C/c1ccc(OC)c(OC)c1. The Kier molecular flexibility index (Phi) is 6.64. The monoisotopic (exact) mass is 278 g/mol. The number of carbonyl (C=O) groups excluding carboxylic acids is 1. The second-order valence-corrected chi connectivity index (χ2v) is 4.46. The fourth-order valence-corrected chi connectivity index (χ4v) is 1.58. The van der Waals surface area contributed by atoms with Crippen LogP contribution in [-0.2, 0) is 9.53 Å². The lowest BCUT2D eigenvalue weighted by atomic mass is 10.1. The zero-order chi connectivity index (χ0) is 15.0. The Morgan fingerprint density at radius 3 is 2.55 bits per heavy atom. The molecule has 1 rings (SSSR count). The molecule has 1 unspecified atom stereocenters. The highest BCUT2D eigenvalue weighted by Crippen LogP contribution is 2.27. The summed E-state index contributed by atoms with van der Waals surface area (Å²) in [5.74, 6) is 1.15. The van der Waals surface area contributed by atoms with Crippen molar-refractivity contribution in [1.82, 2.24) is 0 Å². The van der Waals surface area contributed by atoms with E-state index < -0.39 is 0 Å². The van der Waals surface area contributed by atoms with Crippen molar-refractivity contribution in [3.05, 3.63) is 29.8 Å². The van der Waals surface area contributed by atoms with Crippen molar-refractivity contribution in [3.8, 4) is 11.5 Å². The van der Waals surface area contributed by atoms with E-state index in [-0.39, 0.29) is 18.5 Å². The molecule has 4 heteroatoms. The summed E-state index contributed by atoms with van der Waals surface area (Å²) in [5.41, 5.74) is 0.960. The summed E-state index contributed by atoms with van der Waals surface area (Å²) in [4.78, 5) is 11.5. The van der Waals surface area contributed by atoms with Gasteiger partial charge < -0.3 is 14.2 Å². The van der Waals surface area contributed by atoms with Crippen molar-refractivity contribution in [2.45, 2.75) is 20.3 Å². The van der Waals surface area contributed by atoms with Gasteiger partial charge in [0, 0.05) is 0 Å². The Morgan fingerprint density at radius 2 is 1.95 bits per heavy atom. The van der Waals surface area contributed by atoms with Crippen LogP contribution in [0.5, 0.6) is 11.5 Å². The molecule has 110 valence electrons. The maximum Gasteiger partial charge on any atom is 0.308 e. The number of rotatable bonds is 7. The lowest BCUT2D eigenvalue weighted by Crippen LogP contribution is -2.13. The number of carbonyl (C=O) groups is 1. The topological polar surface area (TPSA) is 44.8 Å². The van der Waals surface area contributed by atoms with Crippen LogP contribution in [0.15, 0.2) is 24.3 Å². The second kappa shape index (κ2) is 8.25. The Morgan fingerprint density at radius 1 is 1.25 bits per heavy atom. The van der Waals surface area contributed by atoms with Crippen molar-refractivity contribution in [1.29, 1.82) is 0 Å². The highest BCUT2D eigenvalue weighted by atomic mass is 16.5. The zero-order valence-corrected chi connectivity index (χ0v) is 12.5. The van der Waals surface area contributed by atoms with Crippen LogP contribution in [0.25, 0.3) is 6.08 Å². The fraction of sp³-hybridized carbons (Fsp3) is 0.438. The number of esters is 1. The summed E-state index contributed by atoms with van der Waals surface area (Å²) in [6.07, 6.45) is 4.48. The minimum atomic E-state index is -0.163. The van der Waals surface area contributed by atoms with E-state index in [0.29, 0.717) is 11.5 Å². The molecule has 0 saturated carbocycles. The first kappa shape index (κ1) is 16.1. The van der Waals surface area contributed by atoms with Gasteiger partial charge in [-0.25, -0.2) is 0 Å². The molecule has 1 aromatic rings. The third-order valence-corrected chi connectivity index (χ3v) is 3.05. The molecule has 20 heavy (non-hydrogen) atoms. The predicted octanol–water partition coefficient (Wildman–Crippen LogP) is 3.31. The highest BCUT2D eigenvalue weighted by molar-refractivity contribution is 5.72. The van der Waals surface area contributed by atoms with Crippen molar-refractivity contribution in [3.63, 3.8) is 0 Å². The molecule has 0 spiro atoms. The molecule has 0 aliphatic carbocycles. The van der Waals surface area contributed by atoms with Crippen molar-refractivity contribution in [2.75, 3.05) is 20.8 Å². The van der Waals surface area contributed by atoms with Crippen molar-refractivity contribution >= 4 is 12.0 Å². The molecule has 1 aromatic carbocycles. The maximum absolute atomic E-state index is 11.5. The molecule has 0 aliphatic rings. The van der Waals surface area contributed by atoms with Gasteiger partial charge in [-0.1, -0.05) is 26.0 Å². The first-order valence-corrected chi connectivity index (χ1v) is 6.67. The first-order valence-electron chi connectivity index (χ1n) is 6.67. The van der Waals surface area contributed by atoms with Gasteiger partial charge in [-0.05, 0) is 30.2 Å². The largest absolute Gasteiger partial charge is 0.493 e. The quantitative estimate of drug-likeness (QED) is 0.718. The molecule has 0 aromatic heterocycles. The van der Waals surface area contributed by atoms with Gasteiger partial charge in [-0.15, -0.1) is 0 Å². The van der Waals surface area contributed by atoms with Gasteiger partial charge in [0.25, 0.3) is 0 Å². The summed E-state index contributed by atoms with van der Waals surface area (Å²) in [5, 5.41) is 0. The Balaban J connectivity index is 2.56. The molecule has 0 amide bonds. The summed E-state index contributed by atoms with van der Waals surface area (Å²) >= 11 is 0. The molecule has 0 fully saturated rings. The van der Waals surface area contributed by atoms with Crippen LogP contribution in [0.4, 0.5) is 0 Å². The molecule has 0 heterocycles. The average molecular weight is 278 g/mol. The van der Waals surface area contributed by atoms with E-state index in [9.17, 15) is 4.79 Å². The third-order valence-electron chi connectivity index (χ3n) is 3.05. The van der Waals surface area contributed by atoms with E-state index in [2.05, 4.69) is 0 Å². The zero-order valence-electron chi connectivity index (χ0n) is 12.5. The van der Waals surface area contributed by atoms with Crippen LogP contribution in [0, 0.1) is 5.92 Å². The normalized spacial score (nSPS) is 12.2. The van der Waals surface area contributed by atoms with E-state index in [4.69, 9.17) is 14.2 Å². The second-order valence-electron chi connectivity index (χ2n) is 4.46. The van der Waals surface area contributed by atoms with E-state index in [1.165, 1.54) is 0 Å². The number of hydrogen-bond donors (Lipinski definition) is 0. The molecular formula is C16H22O4. The first-order chi connectivity index (χ1) is 9.62. The van der Waals surface area contributed by atoms with E-state index in [1.54, 1.807) is 14.2 Å². The Bertz CT molecular complexity index is 466. The molecule has 0 aliphatic heterocycles. The van der Waals surface area contributed by atoms with Gasteiger partial charge in [0.15, 0.2) is 11.5 Å². The van der Waals surface area contributed by atoms with Crippen LogP contribution in [0.1, 0.15) is 25.8 Å². The third kappa shape index (κ3) is 4.61. The van der Waals surface area contributed by atoms with Crippen LogP contribution < -0.4 is 9.47 Å². The molecular weight excluding hydrogens is 256 g/mol. The number of ether oxygens (including phenoxy) is 3. The minimum Gasteiger partial charge on any atom is -0.493 e. The molecule has 0 radical (unpaired) electrons. The van der Waals surface area contributed by atoms with Crippen molar-refractivity contribution in [2.24, 2.45) is 5.92 Å². The summed E-state index contributed by atoms with van der Waals surface area (Å²) in [6.45, 7) is 4.10. The van der Waals surface area contributed by atoms with Gasteiger partial charge in [-0.3, -0.25) is 4.79 Å². The number of benzene rings is 1. The number of methoxy groups -OCH3 is 2. The summed E-state index contributed by atoms with van der Waals surface area (Å²) < 4.78 is 15.5. The van der Waals surface area contributed by atoms with Crippen LogP contribution in [0.2, 0.25) is 0 Å². The Labute approximate surface area is 120 Å². The number of hydrogen-bond acceptors (Lipinski definition) is 4. The highest BCUT2D eigenvalue weighted by Gasteiger charge is 2.10. The fourth-order valence-electron chi connectivity index (χ4n) is 1.58. The average Bonchev–Trinajstić information content (AvgIpc) is 2.50. The predicted molar refractivity (Wildman–Crippen MR) is 79.0 cm³/mol. The van der Waals surface area contributed by atoms with Gasteiger partial charge in [0.1, 0.15) is 6.61 Å². The van der Waals surface area contributed by atoms with Crippen LogP contribution in [0.3, 0.4) is 0 Å². The lowest BCUT2D eigenvalue weighted by molar-refractivity contribution is -0.146. The molecule has 0 N–H and O–H groups in total. The van der Waals surface area contributed by atoms with E-state index in [0.717, 1.165) is 12.0 Å². The van der Waals surface area contributed by atoms with Gasteiger partial charge in [0.2, 0.25) is 0 Å². The molecule has 0 saturated heterocycles. The van der Waals surface area contributed by atoms with Crippen LogP contribution >= 0.6 is 0 Å². The molecule has 0 bridgehead atoms. The Hall–Kier alpha value is -1.97. The lowest BCUT2D eigenvalue weighted by Gasteiger charge is -2.08.